The topological polar surface area (TPSA) is 78.6 Å². The van der Waals surface area contributed by atoms with E-state index in [1.807, 2.05) is 31.6 Å². The molecule has 0 aliphatic heterocycles. The van der Waals surface area contributed by atoms with Gasteiger partial charge in [-0.25, -0.2) is 4.79 Å². The van der Waals surface area contributed by atoms with E-state index in [1.165, 1.54) is 16.6 Å². The minimum atomic E-state index is -0.459. The number of H-pyrrole nitrogens is 2. The number of thiazole rings is 1. The van der Waals surface area contributed by atoms with Gasteiger partial charge in [-0.3, -0.25) is 14.8 Å². The van der Waals surface area contributed by atoms with Crippen LogP contribution in [-0.4, -0.2) is 15.0 Å². The van der Waals surface area contributed by atoms with E-state index < -0.39 is 5.69 Å². The summed E-state index contributed by atoms with van der Waals surface area (Å²) in [5.41, 5.74) is 3.13. The monoisotopic (exact) mass is 449 g/mol. The summed E-state index contributed by atoms with van der Waals surface area (Å²) in [6, 6.07) is 10.5. The number of hydrogen-bond donors (Lipinski definition) is 2. The Balaban J connectivity index is -0.000000366. The lowest BCUT2D eigenvalue weighted by molar-refractivity contribution is 0.820. The fourth-order valence-corrected chi connectivity index (χ4v) is 2.84. The van der Waals surface area contributed by atoms with E-state index in [9.17, 15) is 9.59 Å². The molecular formula is C25H43N3O2S. The summed E-state index contributed by atoms with van der Waals surface area (Å²) in [5.74, 6) is 1.43. The summed E-state index contributed by atoms with van der Waals surface area (Å²) in [6.07, 6.45) is 3.38. The van der Waals surface area contributed by atoms with Gasteiger partial charge in [-0.1, -0.05) is 94.2 Å². The molecule has 5 nitrogen and oxygen atoms in total. The van der Waals surface area contributed by atoms with Crippen LogP contribution < -0.4 is 11.2 Å². The summed E-state index contributed by atoms with van der Waals surface area (Å²) in [6.45, 7) is 12.5. The maximum absolute atomic E-state index is 11.0. The lowest BCUT2D eigenvalue weighted by Gasteiger charge is -2.01. The molecule has 3 aromatic rings. The smallest absolute Gasteiger partial charge is 0.314 e. The Labute approximate surface area is 193 Å². The van der Waals surface area contributed by atoms with Crippen molar-refractivity contribution in [3.05, 3.63) is 85.1 Å². The van der Waals surface area contributed by atoms with Gasteiger partial charge in [-0.15, -0.1) is 11.3 Å². The number of rotatable bonds is 3. The first kappa shape index (κ1) is 33.2. The molecule has 0 fully saturated rings. The van der Waals surface area contributed by atoms with Crippen molar-refractivity contribution in [2.75, 3.05) is 0 Å². The molecule has 0 bridgehead atoms. The molecule has 0 atom stereocenters. The highest BCUT2D eigenvalue weighted by Crippen LogP contribution is 2.16. The van der Waals surface area contributed by atoms with Crippen LogP contribution in [0.1, 0.15) is 97.6 Å². The molecule has 0 amide bonds. The quantitative estimate of drug-likeness (QED) is 0.445. The third-order valence-corrected chi connectivity index (χ3v) is 5.03. The van der Waals surface area contributed by atoms with Crippen LogP contribution >= 0.6 is 11.3 Å². The molecule has 0 aliphatic carbocycles. The van der Waals surface area contributed by atoms with Crippen molar-refractivity contribution in [2.45, 2.75) is 81.6 Å². The van der Waals surface area contributed by atoms with Crippen LogP contribution in [0.4, 0.5) is 0 Å². The lowest BCUT2D eigenvalue weighted by atomic mass is 10.0. The molecule has 2 heterocycles. The molecule has 0 unspecified atom stereocenters. The summed E-state index contributed by atoms with van der Waals surface area (Å²) in [5, 5.41) is 0. The molecule has 1 aromatic carbocycles. The summed E-state index contributed by atoms with van der Waals surface area (Å²) >= 11 is 1.72. The number of nitrogens with zero attached hydrogens (tertiary/aromatic N) is 1. The van der Waals surface area contributed by atoms with E-state index in [0.717, 1.165) is 0 Å². The maximum atomic E-state index is 11.0. The second-order valence-corrected chi connectivity index (χ2v) is 8.22. The van der Waals surface area contributed by atoms with Crippen LogP contribution in [0.25, 0.3) is 0 Å². The van der Waals surface area contributed by atoms with Crippen molar-refractivity contribution < 1.29 is 0 Å². The third kappa shape index (κ3) is 12.7. The fraction of sp³-hybridized carbons (Fsp3) is 0.480. The third-order valence-electron chi connectivity index (χ3n) is 3.96. The highest BCUT2D eigenvalue weighted by Gasteiger charge is 2.03. The predicted octanol–water partition coefficient (Wildman–Crippen LogP) is 7.17. The normalized spacial score (nSPS) is 9.32. The first-order valence-electron chi connectivity index (χ1n) is 9.47. The van der Waals surface area contributed by atoms with Crippen LogP contribution in [0.5, 0.6) is 0 Å². The van der Waals surface area contributed by atoms with Gasteiger partial charge in [0, 0.05) is 22.8 Å². The van der Waals surface area contributed by atoms with Crippen LogP contribution in [0.2, 0.25) is 0 Å². The molecular weight excluding hydrogens is 406 g/mol. The zero-order valence-corrected chi connectivity index (χ0v) is 18.3. The number of aromatic amines is 2. The van der Waals surface area contributed by atoms with Gasteiger partial charge in [0.1, 0.15) is 0 Å². The first-order valence-corrected chi connectivity index (χ1v) is 10.4. The minimum absolute atomic E-state index is 0. The zero-order valence-electron chi connectivity index (χ0n) is 17.5. The molecule has 0 aliphatic rings. The number of hydrogen-bond acceptors (Lipinski definition) is 4. The van der Waals surface area contributed by atoms with Crippen molar-refractivity contribution in [1.29, 1.82) is 0 Å². The molecule has 2 aromatic heterocycles. The van der Waals surface area contributed by atoms with Crippen LogP contribution in [0, 0.1) is 0 Å². The second kappa shape index (κ2) is 17.2. The van der Waals surface area contributed by atoms with Gasteiger partial charge >= 0.3 is 5.69 Å². The van der Waals surface area contributed by atoms with Crippen molar-refractivity contribution >= 4 is 11.3 Å². The molecule has 0 radical (unpaired) electrons. The minimum Gasteiger partial charge on any atom is -0.314 e. The Morgan fingerprint density at radius 3 is 1.74 bits per heavy atom. The first-order chi connectivity index (χ1) is 13.2. The summed E-state index contributed by atoms with van der Waals surface area (Å²) < 4.78 is 0. The van der Waals surface area contributed by atoms with E-state index in [4.69, 9.17) is 0 Å². The fourth-order valence-electron chi connectivity index (χ4n) is 2.20. The van der Waals surface area contributed by atoms with Gasteiger partial charge in [0.25, 0.3) is 5.56 Å². The zero-order chi connectivity index (χ0) is 21.1. The van der Waals surface area contributed by atoms with Crippen molar-refractivity contribution in [2.24, 2.45) is 0 Å². The molecule has 3 rings (SSSR count). The van der Waals surface area contributed by atoms with Gasteiger partial charge < -0.3 is 4.98 Å². The van der Waals surface area contributed by atoms with E-state index in [-0.39, 0.29) is 33.8 Å². The van der Waals surface area contributed by atoms with E-state index in [1.54, 1.807) is 11.3 Å². The largest absolute Gasteiger partial charge is 0.325 e. The van der Waals surface area contributed by atoms with Crippen molar-refractivity contribution in [3.63, 3.8) is 0 Å². The van der Waals surface area contributed by atoms with Crippen LogP contribution in [0.3, 0.4) is 0 Å². The summed E-state index contributed by atoms with van der Waals surface area (Å²) in [4.78, 5) is 31.5. The SMILES string of the molecule is C.C.C.CC(C)c1c[nH]c(=O)[nH]c1=O.CC(C)c1ccccc1.CC(C)c1cncs1. The van der Waals surface area contributed by atoms with Gasteiger partial charge in [0.15, 0.2) is 0 Å². The Morgan fingerprint density at radius 1 is 0.839 bits per heavy atom. The van der Waals surface area contributed by atoms with Gasteiger partial charge in [-0.2, -0.15) is 0 Å². The Bertz CT molecular complexity index is 896. The highest BCUT2D eigenvalue weighted by atomic mass is 32.1. The van der Waals surface area contributed by atoms with Crippen molar-refractivity contribution in [3.8, 4) is 0 Å². The standard InChI is InChI=1S/C9H12.C7H10N2O2.C6H9NS.3CH4/c1-8(2)9-6-4-3-5-7-9;1-4(2)5-3-8-7(11)9-6(5)10;1-5(2)6-3-7-4-8-6;;;/h3-8H,1-2H3;3-4H,1-2H3,(H2,8,9,10,11);3-5H,1-2H3;3*1H4. The number of aromatic nitrogens is 3. The van der Waals surface area contributed by atoms with E-state index >= 15 is 0 Å². The summed E-state index contributed by atoms with van der Waals surface area (Å²) in [7, 11) is 0. The Hall–Kier alpha value is -2.47. The van der Waals surface area contributed by atoms with E-state index in [0.29, 0.717) is 17.4 Å². The Kier molecular flexibility index (Phi) is 18.4. The molecule has 31 heavy (non-hydrogen) atoms. The second-order valence-electron chi connectivity index (χ2n) is 7.31. The molecule has 0 saturated carbocycles. The molecule has 176 valence electrons. The van der Waals surface area contributed by atoms with Gasteiger partial charge in [-0.05, 0) is 23.3 Å². The highest BCUT2D eigenvalue weighted by molar-refractivity contribution is 7.09. The molecule has 6 heteroatoms. The maximum Gasteiger partial charge on any atom is 0.325 e. The lowest BCUT2D eigenvalue weighted by Crippen LogP contribution is -2.24. The molecule has 0 spiro atoms. The van der Waals surface area contributed by atoms with Crippen LogP contribution in [-0.2, 0) is 0 Å². The molecule has 0 saturated heterocycles. The number of nitrogens with one attached hydrogen (secondary N) is 2. The Morgan fingerprint density at radius 2 is 1.42 bits per heavy atom. The average Bonchev–Trinajstić information content (AvgIpc) is 3.18. The van der Waals surface area contributed by atoms with Gasteiger partial charge in [0.05, 0.1) is 5.51 Å². The van der Waals surface area contributed by atoms with E-state index in [2.05, 4.69) is 66.9 Å². The number of benzene rings is 1. The average molecular weight is 450 g/mol. The van der Waals surface area contributed by atoms with Crippen LogP contribution in [0.15, 0.2) is 57.8 Å². The molecule has 2 N–H and O–H groups in total. The predicted molar refractivity (Wildman–Crippen MR) is 139 cm³/mol. The van der Waals surface area contributed by atoms with Gasteiger partial charge in [0.2, 0.25) is 0 Å². The van der Waals surface area contributed by atoms with Crippen molar-refractivity contribution in [1.82, 2.24) is 15.0 Å².